The number of alkyl halides is 1. The van der Waals surface area contributed by atoms with Gasteiger partial charge in [-0.05, 0) is 25.0 Å². The van der Waals surface area contributed by atoms with E-state index in [2.05, 4.69) is 26.3 Å². The van der Waals surface area contributed by atoms with Crippen LogP contribution in [0, 0.1) is 0 Å². The topological polar surface area (TPSA) is 55.6 Å². The molecule has 0 spiro atoms. The summed E-state index contributed by atoms with van der Waals surface area (Å²) in [6.45, 7) is 1.36. The summed E-state index contributed by atoms with van der Waals surface area (Å²) >= 11 is 3.52. The van der Waals surface area contributed by atoms with Crippen molar-refractivity contribution in [1.82, 2.24) is 14.9 Å². The van der Waals surface area contributed by atoms with Crippen molar-refractivity contribution >= 4 is 27.4 Å². The Morgan fingerprint density at radius 2 is 2.25 bits per heavy atom. The second kappa shape index (κ2) is 5.54. The number of nitrogens with one attached hydrogen (secondary N) is 1. The molecule has 2 aromatic rings. The Bertz CT molecular complexity index is 620. The lowest BCUT2D eigenvalue weighted by molar-refractivity contribution is 0.0442. The first-order valence-corrected chi connectivity index (χ1v) is 7.75. The van der Waals surface area contributed by atoms with E-state index in [0.29, 0.717) is 18.8 Å². The van der Waals surface area contributed by atoms with Crippen LogP contribution in [0.25, 0.3) is 5.52 Å². The first-order valence-electron chi connectivity index (χ1n) is 6.63. The number of fused-ring (bicyclic) bond motifs is 1. The van der Waals surface area contributed by atoms with Crippen LogP contribution >= 0.6 is 15.9 Å². The van der Waals surface area contributed by atoms with Crippen LogP contribution in [0.1, 0.15) is 23.2 Å². The van der Waals surface area contributed by atoms with Crippen LogP contribution < -0.4 is 5.32 Å². The molecular formula is C14H16BrN3O2. The minimum Gasteiger partial charge on any atom is -0.381 e. The van der Waals surface area contributed by atoms with Crippen molar-refractivity contribution < 1.29 is 9.53 Å². The van der Waals surface area contributed by atoms with Crippen LogP contribution in [-0.2, 0) is 4.74 Å². The van der Waals surface area contributed by atoms with E-state index in [4.69, 9.17) is 4.74 Å². The molecule has 0 aromatic carbocycles. The van der Waals surface area contributed by atoms with Gasteiger partial charge >= 0.3 is 0 Å². The van der Waals surface area contributed by atoms with Gasteiger partial charge < -0.3 is 10.1 Å². The van der Waals surface area contributed by atoms with Crippen molar-refractivity contribution in [2.45, 2.75) is 18.4 Å². The molecule has 0 radical (unpaired) electrons. The summed E-state index contributed by atoms with van der Waals surface area (Å²) in [4.78, 5) is 12.5. The third-order valence-electron chi connectivity index (χ3n) is 3.76. The zero-order chi connectivity index (χ0) is 14.0. The average molecular weight is 338 g/mol. The highest BCUT2D eigenvalue weighted by molar-refractivity contribution is 9.09. The van der Waals surface area contributed by atoms with Crippen molar-refractivity contribution in [2.24, 2.45) is 0 Å². The van der Waals surface area contributed by atoms with Crippen LogP contribution in [0.3, 0.4) is 0 Å². The fourth-order valence-corrected chi connectivity index (χ4v) is 3.17. The molecule has 1 amide bonds. The first kappa shape index (κ1) is 13.6. The Balaban J connectivity index is 1.85. The van der Waals surface area contributed by atoms with Gasteiger partial charge in [0.1, 0.15) is 0 Å². The SMILES string of the molecule is O=C(NC1(CBr)CCOCC1)c1cnn2ccccc12. The molecule has 0 atom stereocenters. The number of halogens is 1. The van der Waals surface area contributed by atoms with Crippen LogP contribution in [0.4, 0.5) is 0 Å². The Kier molecular flexibility index (Phi) is 3.76. The zero-order valence-electron chi connectivity index (χ0n) is 11.0. The molecule has 1 aliphatic heterocycles. The average Bonchev–Trinajstić information content (AvgIpc) is 2.92. The molecule has 6 heteroatoms. The van der Waals surface area contributed by atoms with E-state index >= 15 is 0 Å². The number of pyridine rings is 1. The van der Waals surface area contributed by atoms with Gasteiger partial charge in [0.25, 0.3) is 5.91 Å². The summed E-state index contributed by atoms with van der Waals surface area (Å²) in [5.74, 6) is -0.0763. The maximum Gasteiger partial charge on any atom is 0.255 e. The number of hydrogen-bond donors (Lipinski definition) is 1. The van der Waals surface area contributed by atoms with Gasteiger partial charge in [0.05, 0.1) is 22.8 Å². The molecule has 1 aliphatic rings. The second-order valence-corrected chi connectivity index (χ2v) is 5.63. The van der Waals surface area contributed by atoms with Gasteiger partial charge in [0.15, 0.2) is 0 Å². The van der Waals surface area contributed by atoms with Crippen molar-refractivity contribution in [3.8, 4) is 0 Å². The largest absolute Gasteiger partial charge is 0.381 e. The van der Waals surface area contributed by atoms with E-state index < -0.39 is 0 Å². The highest BCUT2D eigenvalue weighted by Gasteiger charge is 2.33. The maximum atomic E-state index is 12.5. The normalized spacial score (nSPS) is 18.1. The van der Waals surface area contributed by atoms with E-state index in [1.165, 1.54) is 0 Å². The van der Waals surface area contributed by atoms with Crippen molar-refractivity contribution in [3.05, 3.63) is 36.2 Å². The molecule has 106 valence electrons. The Morgan fingerprint density at radius 1 is 1.45 bits per heavy atom. The summed E-state index contributed by atoms with van der Waals surface area (Å²) in [6.07, 6.45) is 5.10. The molecule has 0 saturated carbocycles. The van der Waals surface area contributed by atoms with Gasteiger partial charge in [0.2, 0.25) is 0 Å². The maximum absolute atomic E-state index is 12.5. The quantitative estimate of drug-likeness (QED) is 0.871. The lowest BCUT2D eigenvalue weighted by Crippen LogP contribution is -2.53. The molecule has 3 rings (SSSR count). The number of aromatic nitrogens is 2. The zero-order valence-corrected chi connectivity index (χ0v) is 12.6. The molecule has 0 aliphatic carbocycles. The highest BCUT2D eigenvalue weighted by Crippen LogP contribution is 2.24. The molecule has 1 saturated heterocycles. The summed E-state index contributed by atoms with van der Waals surface area (Å²) in [6, 6.07) is 5.69. The third-order valence-corrected chi connectivity index (χ3v) is 4.83. The Hall–Kier alpha value is -1.40. The standard InChI is InChI=1S/C14H16BrN3O2/c15-10-14(4-7-20-8-5-14)17-13(19)11-9-16-18-6-2-1-3-12(11)18/h1-3,6,9H,4-5,7-8,10H2,(H,17,19). The van der Waals surface area contributed by atoms with E-state index in [1.54, 1.807) is 10.7 Å². The third kappa shape index (κ3) is 2.45. The van der Waals surface area contributed by atoms with Gasteiger partial charge in [-0.15, -0.1) is 0 Å². The predicted molar refractivity (Wildman–Crippen MR) is 79.2 cm³/mol. The van der Waals surface area contributed by atoms with Crippen molar-refractivity contribution in [1.29, 1.82) is 0 Å². The van der Waals surface area contributed by atoms with Gasteiger partial charge in [-0.3, -0.25) is 4.79 Å². The predicted octanol–water partition coefficient (Wildman–Crippen LogP) is 2.01. The Labute approximate surface area is 125 Å². The van der Waals surface area contributed by atoms with Gasteiger partial charge in [-0.2, -0.15) is 5.10 Å². The number of carbonyl (C=O) groups is 1. The summed E-state index contributed by atoms with van der Waals surface area (Å²) in [5, 5.41) is 8.09. The number of amides is 1. The van der Waals surface area contributed by atoms with Crippen LogP contribution in [0.2, 0.25) is 0 Å². The number of nitrogens with zero attached hydrogens (tertiary/aromatic N) is 2. The lowest BCUT2D eigenvalue weighted by atomic mass is 9.92. The van der Waals surface area contributed by atoms with Gasteiger partial charge in [0, 0.05) is 24.7 Å². The second-order valence-electron chi connectivity index (χ2n) is 5.07. The number of rotatable bonds is 3. The number of carbonyl (C=O) groups excluding carboxylic acids is 1. The van der Waals surface area contributed by atoms with E-state index in [0.717, 1.165) is 23.7 Å². The van der Waals surface area contributed by atoms with E-state index in [9.17, 15) is 4.79 Å². The van der Waals surface area contributed by atoms with Crippen molar-refractivity contribution in [2.75, 3.05) is 18.5 Å². The Morgan fingerprint density at radius 3 is 3.00 bits per heavy atom. The first-order chi connectivity index (χ1) is 9.74. The van der Waals surface area contributed by atoms with E-state index in [1.807, 2.05) is 24.4 Å². The monoisotopic (exact) mass is 337 g/mol. The number of ether oxygens (including phenoxy) is 1. The molecule has 0 bridgehead atoms. The smallest absolute Gasteiger partial charge is 0.255 e. The fraction of sp³-hybridized carbons (Fsp3) is 0.429. The summed E-state index contributed by atoms with van der Waals surface area (Å²) in [5.41, 5.74) is 1.21. The van der Waals surface area contributed by atoms with E-state index in [-0.39, 0.29) is 11.4 Å². The lowest BCUT2D eigenvalue weighted by Gasteiger charge is -2.36. The molecule has 20 heavy (non-hydrogen) atoms. The molecule has 1 fully saturated rings. The minimum atomic E-state index is -0.224. The highest BCUT2D eigenvalue weighted by atomic mass is 79.9. The van der Waals surface area contributed by atoms with Crippen molar-refractivity contribution in [3.63, 3.8) is 0 Å². The summed E-state index contributed by atoms with van der Waals surface area (Å²) in [7, 11) is 0. The van der Waals surface area contributed by atoms with Crippen LogP contribution in [-0.4, -0.2) is 39.6 Å². The van der Waals surface area contributed by atoms with Gasteiger partial charge in [-0.1, -0.05) is 22.0 Å². The van der Waals surface area contributed by atoms with Crippen LogP contribution in [0.5, 0.6) is 0 Å². The molecule has 1 N–H and O–H groups in total. The number of hydrogen-bond acceptors (Lipinski definition) is 3. The fourth-order valence-electron chi connectivity index (χ4n) is 2.47. The molecule has 0 unspecified atom stereocenters. The molecule has 5 nitrogen and oxygen atoms in total. The van der Waals surface area contributed by atoms with Crippen LogP contribution in [0.15, 0.2) is 30.6 Å². The molecular weight excluding hydrogens is 322 g/mol. The summed E-state index contributed by atoms with van der Waals surface area (Å²) < 4.78 is 7.09. The van der Waals surface area contributed by atoms with Gasteiger partial charge in [-0.25, -0.2) is 4.52 Å². The molecule has 2 aromatic heterocycles. The molecule has 3 heterocycles. The minimum absolute atomic E-state index is 0.0763.